The van der Waals surface area contributed by atoms with Crippen LogP contribution in [-0.4, -0.2) is 5.11 Å². The molecule has 1 N–H and O–H groups in total. The molecule has 0 aliphatic carbocycles. The zero-order chi connectivity index (χ0) is 13.9. The lowest BCUT2D eigenvalue weighted by Gasteiger charge is -2.14. The highest BCUT2D eigenvalue weighted by Gasteiger charge is 2.12. The minimum Gasteiger partial charge on any atom is -0.388 e. The monoisotopic (exact) mass is 374 g/mol. The molecular formula is C18H15IO. The summed E-state index contributed by atoms with van der Waals surface area (Å²) in [5, 5.41) is 13.0. The van der Waals surface area contributed by atoms with Gasteiger partial charge in [0.2, 0.25) is 0 Å². The SMILES string of the molecule is OC(Cc1cccc2ccccc12)c1ccccc1I. The van der Waals surface area contributed by atoms with Crippen molar-refractivity contribution in [2.75, 3.05) is 0 Å². The molecule has 0 aliphatic heterocycles. The van der Waals surface area contributed by atoms with Crippen LogP contribution in [0.4, 0.5) is 0 Å². The predicted molar refractivity (Wildman–Crippen MR) is 91.8 cm³/mol. The molecule has 1 atom stereocenters. The Hall–Kier alpha value is -1.39. The fraction of sp³-hybridized carbons (Fsp3) is 0.111. The molecule has 0 aliphatic rings. The van der Waals surface area contributed by atoms with Crippen LogP contribution in [0.2, 0.25) is 0 Å². The zero-order valence-corrected chi connectivity index (χ0v) is 13.1. The maximum absolute atomic E-state index is 10.5. The Labute approximate surface area is 132 Å². The summed E-state index contributed by atoms with van der Waals surface area (Å²) in [6, 6.07) is 22.6. The Balaban J connectivity index is 1.96. The number of aliphatic hydroxyl groups excluding tert-OH is 1. The smallest absolute Gasteiger partial charge is 0.0840 e. The van der Waals surface area contributed by atoms with E-state index >= 15 is 0 Å². The van der Waals surface area contributed by atoms with Crippen molar-refractivity contribution in [3.63, 3.8) is 0 Å². The molecule has 0 bridgehead atoms. The van der Waals surface area contributed by atoms with Gasteiger partial charge in [0.25, 0.3) is 0 Å². The summed E-state index contributed by atoms with van der Waals surface area (Å²) in [5.41, 5.74) is 2.19. The standard InChI is InChI=1S/C18H15IO/c19-17-11-4-3-10-16(17)18(20)12-14-8-5-7-13-6-1-2-9-15(13)14/h1-11,18,20H,12H2. The highest BCUT2D eigenvalue weighted by molar-refractivity contribution is 14.1. The van der Waals surface area contributed by atoms with Crippen molar-refractivity contribution in [3.8, 4) is 0 Å². The van der Waals surface area contributed by atoms with E-state index in [1.54, 1.807) is 0 Å². The molecule has 0 saturated carbocycles. The molecule has 1 unspecified atom stereocenters. The second-order valence-electron chi connectivity index (χ2n) is 4.88. The summed E-state index contributed by atoms with van der Waals surface area (Å²) in [7, 11) is 0. The normalized spacial score (nSPS) is 12.5. The summed E-state index contributed by atoms with van der Waals surface area (Å²) in [4.78, 5) is 0. The van der Waals surface area contributed by atoms with Crippen molar-refractivity contribution in [2.24, 2.45) is 0 Å². The van der Waals surface area contributed by atoms with Crippen LogP contribution in [0.5, 0.6) is 0 Å². The average Bonchev–Trinajstić information content (AvgIpc) is 2.48. The maximum Gasteiger partial charge on any atom is 0.0840 e. The zero-order valence-electron chi connectivity index (χ0n) is 11.0. The molecule has 0 radical (unpaired) electrons. The van der Waals surface area contributed by atoms with Gasteiger partial charge in [-0.2, -0.15) is 0 Å². The first-order chi connectivity index (χ1) is 9.75. The topological polar surface area (TPSA) is 20.2 Å². The third-order valence-electron chi connectivity index (χ3n) is 3.56. The first kappa shape index (κ1) is 13.6. The van der Waals surface area contributed by atoms with Gasteiger partial charge < -0.3 is 5.11 Å². The van der Waals surface area contributed by atoms with E-state index in [2.05, 4.69) is 52.9 Å². The van der Waals surface area contributed by atoms with Gasteiger partial charge >= 0.3 is 0 Å². The Kier molecular flexibility index (Phi) is 4.03. The summed E-state index contributed by atoms with van der Waals surface area (Å²) in [6.07, 6.45) is 0.176. The quantitative estimate of drug-likeness (QED) is 0.658. The molecule has 2 heteroatoms. The van der Waals surface area contributed by atoms with Crippen molar-refractivity contribution < 1.29 is 5.11 Å². The highest BCUT2D eigenvalue weighted by atomic mass is 127. The molecular weight excluding hydrogens is 359 g/mol. The fourth-order valence-corrected chi connectivity index (χ4v) is 3.28. The molecule has 3 rings (SSSR count). The van der Waals surface area contributed by atoms with Gasteiger partial charge in [0, 0.05) is 9.99 Å². The largest absolute Gasteiger partial charge is 0.388 e. The van der Waals surface area contributed by atoms with Crippen LogP contribution in [0.3, 0.4) is 0 Å². The van der Waals surface area contributed by atoms with Gasteiger partial charge in [0.15, 0.2) is 0 Å². The first-order valence-corrected chi connectivity index (χ1v) is 7.73. The number of aliphatic hydroxyl groups is 1. The minimum atomic E-state index is -0.464. The highest BCUT2D eigenvalue weighted by Crippen LogP contribution is 2.26. The molecule has 20 heavy (non-hydrogen) atoms. The van der Waals surface area contributed by atoms with Crippen LogP contribution in [0.25, 0.3) is 10.8 Å². The van der Waals surface area contributed by atoms with E-state index in [9.17, 15) is 5.11 Å². The van der Waals surface area contributed by atoms with Crippen molar-refractivity contribution >= 4 is 33.4 Å². The molecule has 3 aromatic rings. The third kappa shape index (κ3) is 2.72. The summed E-state index contributed by atoms with van der Waals surface area (Å²) in [6.45, 7) is 0. The average molecular weight is 374 g/mol. The third-order valence-corrected chi connectivity index (χ3v) is 4.54. The van der Waals surface area contributed by atoms with Gasteiger partial charge in [0.1, 0.15) is 0 Å². The molecule has 0 spiro atoms. The van der Waals surface area contributed by atoms with Crippen LogP contribution in [0.1, 0.15) is 17.2 Å². The van der Waals surface area contributed by atoms with Gasteiger partial charge in [-0.1, -0.05) is 60.7 Å². The summed E-state index contributed by atoms with van der Waals surface area (Å²) >= 11 is 2.28. The first-order valence-electron chi connectivity index (χ1n) is 6.65. The van der Waals surface area contributed by atoms with Gasteiger partial charge in [-0.25, -0.2) is 0 Å². The van der Waals surface area contributed by atoms with E-state index < -0.39 is 6.10 Å². The Morgan fingerprint density at radius 3 is 2.40 bits per heavy atom. The lowest BCUT2D eigenvalue weighted by Crippen LogP contribution is -2.04. The van der Waals surface area contributed by atoms with Crippen molar-refractivity contribution in [3.05, 3.63) is 81.4 Å². The predicted octanol–water partition coefficient (Wildman–Crippen LogP) is 4.72. The van der Waals surface area contributed by atoms with Crippen LogP contribution in [0.15, 0.2) is 66.7 Å². The van der Waals surface area contributed by atoms with Crippen molar-refractivity contribution in [1.29, 1.82) is 0 Å². The number of halogens is 1. The number of rotatable bonds is 3. The molecule has 0 fully saturated rings. The van der Waals surface area contributed by atoms with Crippen molar-refractivity contribution in [1.82, 2.24) is 0 Å². The van der Waals surface area contributed by atoms with Gasteiger partial charge in [-0.15, -0.1) is 0 Å². The Morgan fingerprint density at radius 1 is 0.850 bits per heavy atom. The number of benzene rings is 3. The van der Waals surface area contributed by atoms with Crippen LogP contribution in [-0.2, 0) is 6.42 Å². The van der Waals surface area contributed by atoms with E-state index in [1.165, 1.54) is 16.3 Å². The Morgan fingerprint density at radius 2 is 1.55 bits per heavy atom. The minimum absolute atomic E-state index is 0.464. The number of fused-ring (bicyclic) bond motifs is 1. The van der Waals surface area contributed by atoms with Gasteiger partial charge in [-0.05, 0) is 50.6 Å². The molecule has 0 amide bonds. The second kappa shape index (κ2) is 5.94. The molecule has 1 nitrogen and oxygen atoms in total. The van der Waals surface area contributed by atoms with Crippen LogP contribution >= 0.6 is 22.6 Å². The molecule has 0 heterocycles. The molecule has 0 aromatic heterocycles. The van der Waals surface area contributed by atoms with E-state index in [0.717, 1.165) is 9.13 Å². The van der Waals surface area contributed by atoms with Gasteiger partial charge in [0.05, 0.1) is 6.10 Å². The van der Waals surface area contributed by atoms with E-state index in [4.69, 9.17) is 0 Å². The molecule has 0 saturated heterocycles. The summed E-state index contributed by atoms with van der Waals surface area (Å²) in [5.74, 6) is 0. The number of hydrogen-bond acceptors (Lipinski definition) is 1. The maximum atomic E-state index is 10.5. The lowest BCUT2D eigenvalue weighted by molar-refractivity contribution is 0.178. The van der Waals surface area contributed by atoms with Crippen molar-refractivity contribution in [2.45, 2.75) is 12.5 Å². The van der Waals surface area contributed by atoms with E-state index in [-0.39, 0.29) is 0 Å². The molecule has 3 aromatic carbocycles. The van der Waals surface area contributed by atoms with Crippen LogP contribution in [0, 0.1) is 3.57 Å². The Bertz CT molecular complexity index is 731. The summed E-state index contributed by atoms with van der Waals surface area (Å²) < 4.78 is 1.11. The van der Waals surface area contributed by atoms with Gasteiger partial charge in [-0.3, -0.25) is 0 Å². The van der Waals surface area contributed by atoms with E-state index in [1.807, 2.05) is 36.4 Å². The van der Waals surface area contributed by atoms with E-state index in [0.29, 0.717) is 6.42 Å². The van der Waals surface area contributed by atoms with Crippen LogP contribution < -0.4 is 0 Å². The lowest BCUT2D eigenvalue weighted by atomic mass is 9.97. The second-order valence-corrected chi connectivity index (χ2v) is 6.04. The number of hydrogen-bond donors (Lipinski definition) is 1. The molecule has 100 valence electrons. The fourth-order valence-electron chi connectivity index (χ4n) is 2.53.